The van der Waals surface area contributed by atoms with Crippen LogP contribution in [0.25, 0.3) is 5.65 Å². The predicted molar refractivity (Wildman–Crippen MR) is 88.1 cm³/mol. The van der Waals surface area contributed by atoms with Crippen LogP contribution in [0.4, 0.5) is 0 Å². The molecule has 1 amide bonds. The number of benzene rings is 1. The van der Waals surface area contributed by atoms with Crippen LogP contribution in [0.2, 0.25) is 10.0 Å². The van der Waals surface area contributed by atoms with Gasteiger partial charge in [-0.25, -0.2) is 4.52 Å². The first kappa shape index (κ1) is 15.7. The van der Waals surface area contributed by atoms with Crippen LogP contribution >= 0.6 is 23.2 Å². The molecule has 3 aromatic rings. The number of hydrogen-bond acceptors (Lipinski definition) is 3. The number of aromatic nitrogens is 3. The SMILES string of the molecule is O=C(COc1ccc(Cl)cc1Cl)NCCn1ccn2nccc12. The lowest BCUT2D eigenvalue weighted by Crippen LogP contribution is -2.31. The van der Waals surface area contributed by atoms with E-state index in [9.17, 15) is 4.79 Å². The lowest BCUT2D eigenvalue weighted by Gasteiger charge is -2.09. The molecule has 2 heterocycles. The van der Waals surface area contributed by atoms with Gasteiger partial charge in [0.15, 0.2) is 6.61 Å². The van der Waals surface area contributed by atoms with E-state index in [0.29, 0.717) is 28.9 Å². The molecule has 2 aromatic heterocycles. The number of carbonyl (C=O) groups excluding carboxylic acids is 1. The number of ether oxygens (including phenoxy) is 1. The maximum atomic E-state index is 11.8. The van der Waals surface area contributed by atoms with Crippen LogP contribution in [0.1, 0.15) is 0 Å². The highest BCUT2D eigenvalue weighted by Gasteiger charge is 2.07. The average Bonchev–Trinajstić information content (AvgIpc) is 3.11. The molecule has 0 fully saturated rings. The standard InChI is InChI=1S/C15H14Cl2N4O2/c16-11-1-2-13(12(17)9-11)23-10-14(22)18-5-6-20-7-8-21-15(20)3-4-19-21/h1-4,7-9H,5-6,10H2,(H,18,22). The van der Waals surface area contributed by atoms with Gasteiger partial charge in [0.25, 0.3) is 5.91 Å². The van der Waals surface area contributed by atoms with E-state index in [2.05, 4.69) is 10.4 Å². The van der Waals surface area contributed by atoms with E-state index < -0.39 is 0 Å². The van der Waals surface area contributed by atoms with Gasteiger partial charge >= 0.3 is 0 Å². The van der Waals surface area contributed by atoms with Crippen molar-refractivity contribution in [3.63, 3.8) is 0 Å². The van der Waals surface area contributed by atoms with Crippen molar-refractivity contribution in [1.29, 1.82) is 0 Å². The van der Waals surface area contributed by atoms with E-state index in [-0.39, 0.29) is 12.5 Å². The summed E-state index contributed by atoms with van der Waals surface area (Å²) in [6, 6.07) is 6.77. The zero-order chi connectivity index (χ0) is 16.2. The van der Waals surface area contributed by atoms with Gasteiger partial charge < -0.3 is 14.6 Å². The summed E-state index contributed by atoms with van der Waals surface area (Å²) in [7, 11) is 0. The highest BCUT2D eigenvalue weighted by Crippen LogP contribution is 2.27. The smallest absolute Gasteiger partial charge is 0.258 e. The number of rotatable bonds is 6. The van der Waals surface area contributed by atoms with E-state index >= 15 is 0 Å². The van der Waals surface area contributed by atoms with Crippen molar-refractivity contribution in [3.8, 4) is 5.75 Å². The summed E-state index contributed by atoms with van der Waals surface area (Å²) >= 11 is 11.8. The Bertz CT molecular complexity index is 828. The second kappa shape index (κ2) is 6.93. The highest BCUT2D eigenvalue weighted by molar-refractivity contribution is 6.35. The fraction of sp³-hybridized carbons (Fsp3) is 0.200. The Labute approximate surface area is 142 Å². The first-order chi connectivity index (χ1) is 11.1. The Morgan fingerprint density at radius 3 is 2.96 bits per heavy atom. The molecule has 23 heavy (non-hydrogen) atoms. The quantitative estimate of drug-likeness (QED) is 0.741. The molecule has 0 atom stereocenters. The fourth-order valence-electron chi connectivity index (χ4n) is 2.16. The molecular weight excluding hydrogens is 339 g/mol. The van der Waals surface area contributed by atoms with Crippen LogP contribution in [0, 0.1) is 0 Å². The van der Waals surface area contributed by atoms with Gasteiger partial charge in [-0.3, -0.25) is 4.79 Å². The van der Waals surface area contributed by atoms with Crippen molar-refractivity contribution in [2.45, 2.75) is 6.54 Å². The molecule has 0 saturated carbocycles. The first-order valence-electron chi connectivity index (χ1n) is 6.96. The average molecular weight is 353 g/mol. The topological polar surface area (TPSA) is 60.6 Å². The molecule has 0 aliphatic carbocycles. The summed E-state index contributed by atoms with van der Waals surface area (Å²) in [6.45, 7) is 1.04. The Morgan fingerprint density at radius 2 is 2.13 bits per heavy atom. The third kappa shape index (κ3) is 3.78. The summed E-state index contributed by atoms with van der Waals surface area (Å²) in [4.78, 5) is 11.8. The van der Waals surface area contributed by atoms with E-state index in [1.807, 2.05) is 23.0 Å². The van der Waals surface area contributed by atoms with Crippen LogP contribution in [0.3, 0.4) is 0 Å². The van der Waals surface area contributed by atoms with Crippen molar-refractivity contribution < 1.29 is 9.53 Å². The zero-order valence-corrected chi connectivity index (χ0v) is 13.6. The summed E-state index contributed by atoms with van der Waals surface area (Å²) in [5, 5.41) is 7.82. The van der Waals surface area contributed by atoms with Crippen LogP contribution in [-0.2, 0) is 11.3 Å². The summed E-state index contributed by atoms with van der Waals surface area (Å²) in [6.07, 6.45) is 5.51. The maximum absolute atomic E-state index is 11.8. The molecule has 0 aliphatic heterocycles. The second-order valence-corrected chi connectivity index (χ2v) is 5.68. The van der Waals surface area contributed by atoms with Crippen LogP contribution in [0.15, 0.2) is 42.9 Å². The molecule has 6 nitrogen and oxygen atoms in total. The van der Waals surface area contributed by atoms with Crippen molar-refractivity contribution in [3.05, 3.63) is 52.9 Å². The molecule has 0 radical (unpaired) electrons. The number of fused-ring (bicyclic) bond motifs is 1. The molecule has 8 heteroatoms. The van der Waals surface area contributed by atoms with Gasteiger partial charge in [0.1, 0.15) is 11.4 Å². The Balaban J connectivity index is 1.45. The molecule has 1 aromatic carbocycles. The van der Waals surface area contributed by atoms with Crippen molar-refractivity contribution in [2.75, 3.05) is 13.2 Å². The monoisotopic (exact) mass is 352 g/mol. The molecule has 0 spiro atoms. The number of halogens is 2. The molecule has 0 aliphatic rings. The number of imidazole rings is 1. The number of hydrogen-bond donors (Lipinski definition) is 1. The number of carbonyl (C=O) groups is 1. The summed E-state index contributed by atoms with van der Waals surface area (Å²) in [5.41, 5.74) is 0.975. The molecule has 0 bridgehead atoms. The van der Waals surface area contributed by atoms with Gasteiger partial charge in [-0.1, -0.05) is 23.2 Å². The van der Waals surface area contributed by atoms with Gasteiger partial charge in [-0.2, -0.15) is 5.10 Å². The fourth-order valence-corrected chi connectivity index (χ4v) is 2.62. The minimum Gasteiger partial charge on any atom is -0.482 e. The normalized spacial score (nSPS) is 10.9. The molecule has 1 N–H and O–H groups in total. The number of nitrogens with zero attached hydrogens (tertiary/aromatic N) is 3. The third-order valence-corrected chi connectivity index (χ3v) is 3.79. The first-order valence-corrected chi connectivity index (χ1v) is 7.72. The van der Waals surface area contributed by atoms with Crippen molar-refractivity contribution in [1.82, 2.24) is 19.5 Å². The minimum absolute atomic E-state index is 0.102. The molecule has 120 valence electrons. The largest absolute Gasteiger partial charge is 0.482 e. The van der Waals surface area contributed by atoms with Crippen LogP contribution in [0.5, 0.6) is 5.75 Å². The maximum Gasteiger partial charge on any atom is 0.258 e. The number of amides is 1. The Morgan fingerprint density at radius 1 is 1.26 bits per heavy atom. The zero-order valence-electron chi connectivity index (χ0n) is 12.1. The molecular formula is C15H14Cl2N4O2. The Hall–Kier alpha value is -2.18. The summed E-state index contributed by atoms with van der Waals surface area (Å²) < 4.78 is 9.15. The molecule has 0 saturated heterocycles. The molecule has 3 rings (SSSR count). The van der Waals surface area contributed by atoms with Crippen molar-refractivity contribution in [2.24, 2.45) is 0 Å². The van der Waals surface area contributed by atoms with Crippen molar-refractivity contribution >= 4 is 34.8 Å². The van der Waals surface area contributed by atoms with Crippen LogP contribution < -0.4 is 10.1 Å². The van der Waals surface area contributed by atoms with E-state index in [4.69, 9.17) is 27.9 Å². The lowest BCUT2D eigenvalue weighted by molar-refractivity contribution is -0.123. The van der Waals surface area contributed by atoms with Gasteiger partial charge in [0, 0.05) is 36.6 Å². The highest BCUT2D eigenvalue weighted by atomic mass is 35.5. The number of nitrogens with one attached hydrogen (secondary N) is 1. The third-order valence-electron chi connectivity index (χ3n) is 3.26. The van der Waals surface area contributed by atoms with Gasteiger partial charge in [0.05, 0.1) is 11.2 Å². The lowest BCUT2D eigenvalue weighted by atomic mass is 10.3. The van der Waals surface area contributed by atoms with Gasteiger partial charge in [0.2, 0.25) is 0 Å². The summed E-state index contributed by atoms with van der Waals surface area (Å²) in [5.74, 6) is 0.213. The van der Waals surface area contributed by atoms with E-state index in [1.54, 1.807) is 28.9 Å². The van der Waals surface area contributed by atoms with Crippen LogP contribution in [-0.4, -0.2) is 33.2 Å². The second-order valence-electron chi connectivity index (χ2n) is 4.84. The molecule has 0 unspecified atom stereocenters. The van der Waals surface area contributed by atoms with Gasteiger partial charge in [-0.15, -0.1) is 0 Å². The Kier molecular flexibility index (Phi) is 4.73. The van der Waals surface area contributed by atoms with Gasteiger partial charge in [-0.05, 0) is 18.2 Å². The predicted octanol–water partition coefficient (Wildman–Crippen LogP) is 2.64. The van der Waals surface area contributed by atoms with E-state index in [0.717, 1.165) is 5.65 Å². The minimum atomic E-state index is -0.215. The van der Waals surface area contributed by atoms with E-state index in [1.165, 1.54) is 0 Å².